The summed E-state index contributed by atoms with van der Waals surface area (Å²) in [4.78, 5) is 13.7. The van der Waals surface area contributed by atoms with Crippen LogP contribution in [0.3, 0.4) is 0 Å². The molecule has 0 saturated heterocycles. The van der Waals surface area contributed by atoms with Crippen molar-refractivity contribution < 1.29 is 9.53 Å². The molecule has 0 aromatic rings. The topological polar surface area (TPSA) is 41.6 Å². The highest BCUT2D eigenvalue weighted by atomic mass is 16.6. The second kappa shape index (κ2) is 5.51. The minimum atomic E-state index is -0.429. The second-order valence-corrected chi connectivity index (χ2v) is 5.81. The summed E-state index contributed by atoms with van der Waals surface area (Å²) in [6, 6.07) is 0. The molecule has 0 aliphatic carbocycles. The van der Waals surface area contributed by atoms with E-state index in [1.165, 1.54) is 11.1 Å². The monoisotopic (exact) mass is 262 g/mol. The zero-order valence-electron chi connectivity index (χ0n) is 11.9. The van der Waals surface area contributed by atoms with E-state index in [9.17, 15) is 4.79 Å². The van der Waals surface area contributed by atoms with Crippen LogP contribution in [0.25, 0.3) is 0 Å². The Morgan fingerprint density at radius 1 is 1.37 bits per heavy atom. The SMILES string of the molecule is CC(C)(C)OC(=O)N1CC=C(C2=CCNC=C2)CC1. The molecule has 2 rings (SSSR count). The Labute approximate surface area is 114 Å². The molecule has 1 amide bonds. The largest absolute Gasteiger partial charge is 0.444 e. The van der Waals surface area contributed by atoms with Crippen LogP contribution in [0.5, 0.6) is 0 Å². The van der Waals surface area contributed by atoms with E-state index < -0.39 is 5.60 Å². The summed E-state index contributed by atoms with van der Waals surface area (Å²) in [6.07, 6.45) is 9.01. The first-order valence-electron chi connectivity index (χ1n) is 6.73. The van der Waals surface area contributed by atoms with E-state index in [2.05, 4.69) is 23.5 Å². The molecular formula is C15H22N2O2. The maximum Gasteiger partial charge on any atom is 0.410 e. The molecule has 2 aliphatic rings. The summed E-state index contributed by atoms with van der Waals surface area (Å²) in [6.45, 7) is 7.89. The van der Waals surface area contributed by atoms with Gasteiger partial charge in [-0.25, -0.2) is 4.79 Å². The second-order valence-electron chi connectivity index (χ2n) is 5.81. The van der Waals surface area contributed by atoms with Gasteiger partial charge in [-0.1, -0.05) is 12.2 Å². The normalized spacial score (nSPS) is 19.4. The van der Waals surface area contributed by atoms with Gasteiger partial charge in [0.25, 0.3) is 0 Å². The van der Waals surface area contributed by atoms with E-state index in [-0.39, 0.29) is 6.09 Å². The van der Waals surface area contributed by atoms with Crippen molar-refractivity contribution in [2.24, 2.45) is 0 Å². The van der Waals surface area contributed by atoms with Crippen molar-refractivity contribution in [2.45, 2.75) is 32.8 Å². The number of nitrogens with zero attached hydrogens (tertiary/aromatic N) is 1. The number of allylic oxidation sites excluding steroid dienone is 2. The molecule has 0 aromatic carbocycles. The van der Waals surface area contributed by atoms with Crippen LogP contribution in [0, 0.1) is 0 Å². The van der Waals surface area contributed by atoms with Crippen LogP contribution >= 0.6 is 0 Å². The molecule has 0 spiro atoms. The van der Waals surface area contributed by atoms with Gasteiger partial charge < -0.3 is 15.0 Å². The number of hydrogen-bond donors (Lipinski definition) is 1. The van der Waals surface area contributed by atoms with Crippen molar-refractivity contribution in [3.8, 4) is 0 Å². The summed E-state index contributed by atoms with van der Waals surface area (Å²) >= 11 is 0. The number of carbonyl (C=O) groups is 1. The molecule has 0 radical (unpaired) electrons. The number of hydrogen-bond acceptors (Lipinski definition) is 3. The molecule has 4 heteroatoms. The smallest absolute Gasteiger partial charge is 0.410 e. The summed E-state index contributed by atoms with van der Waals surface area (Å²) in [5.41, 5.74) is 2.15. The minimum absolute atomic E-state index is 0.224. The van der Waals surface area contributed by atoms with Gasteiger partial charge in [0, 0.05) is 19.6 Å². The molecule has 19 heavy (non-hydrogen) atoms. The number of rotatable bonds is 1. The van der Waals surface area contributed by atoms with E-state index in [1.54, 1.807) is 4.90 Å². The Balaban J connectivity index is 1.94. The molecule has 2 heterocycles. The van der Waals surface area contributed by atoms with Crippen LogP contribution in [-0.2, 0) is 4.74 Å². The summed E-state index contributed by atoms with van der Waals surface area (Å²) in [5, 5.41) is 3.14. The Hall–Kier alpha value is -1.71. The van der Waals surface area contributed by atoms with Crippen LogP contribution in [0.4, 0.5) is 4.79 Å². The lowest BCUT2D eigenvalue weighted by molar-refractivity contribution is 0.0266. The van der Waals surface area contributed by atoms with Crippen molar-refractivity contribution in [1.82, 2.24) is 10.2 Å². The molecule has 0 fully saturated rings. The van der Waals surface area contributed by atoms with Crippen molar-refractivity contribution in [2.75, 3.05) is 19.6 Å². The highest BCUT2D eigenvalue weighted by Gasteiger charge is 2.23. The molecule has 0 saturated carbocycles. The lowest BCUT2D eigenvalue weighted by Crippen LogP contribution is -2.39. The Bertz CT molecular complexity index is 442. The van der Waals surface area contributed by atoms with Crippen LogP contribution in [-0.4, -0.2) is 36.2 Å². The van der Waals surface area contributed by atoms with Gasteiger partial charge in [-0.05, 0) is 50.6 Å². The van der Waals surface area contributed by atoms with Gasteiger partial charge >= 0.3 is 6.09 Å². The van der Waals surface area contributed by atoms with E-state index >= 15 is 0 Å². The number of dihydropyridines is 1. The quantitative estimate of drug-likeness (QED) is 0.789. The van der Waals surface area contributed by atoms with E-state index in [1.807, 2.05) is 27.0 Å². The van der Waals surface area contributed by atoms with Crippen molar-refractivity contribution >= 4 is 6.09 Å². The lowest BCUT2D eigenvalue weighted by Gasteiger charge is -2.30. The Morgan fingerprint density at radius 2 is 2.16 bits per heavy atom. The van der Waals surface area contributed by atoms with Crippen LogP contribution < -0.4 is 5.32 Å². The average molecular weight is 262 g/mol. The molecule has 0 aromatic heterocycles. The number of carbonyl (C=O) groups excluding carboxylic acids is 1. The zero-order chi connectivity index (χ0) is 13.9. The average Bonchev–Trinajstić information content (AvgIpc) is 2.38. The third-order valence-electron chi connectivity index (χ3n) is 3.05. The molecule has 0 atom stereocenters. The van der Waals surface area contributed by atoms with Gasteiger partial charge in [-0.3, -0.25) is 0 Å². The summed E-state index contributed by atoms with van der Waals surface area (Å²) in [5.74, 6) is 0. The van der Waals surface area contributed by atoms with Crippen LogP contribution in [0.1, 0.15) is 27.2 Å². The third kappa shape index (κ3) is 3.88. The number of ether oxygens (including phenoxy) is 1. The van der Waals surface area contributed by atoms with Gasteiger partial charge in [-0.15, -0.1) is 0 Å². The van der Waals surface area contributed by atoms with Gasteiger partial charge in [0.15, 0.2) is 0 Å². The summed E-state index contributed by atoms with van der Waals surface area (Å²) in [7, 11) is 0. The first-order valence-corrected chi connectivity index (χ1v) is 6.73. The van der Waals surface area contributed by atoms with E-state index in [0.29, 0.717) is 6.54 Å². The number of amides is 1. The van der Waals surface area contributed by atoms with Crippen molar-refractivity contribution in [1.29, 1.82) is 0 Å². The first-order chi connectivity index (χ1) is 8.96. The fourth-order valence-electron chi connectivity index (χ4n) is 2.12. The summed E-state index contributed by atoms with van der Waals surface area (Å²) < 4.78 is 5.38. The molecule has 4 nitrogen and oxygen atoms in total. The van der Waals surface area contributed by atoms with Crippen LogP contribution in [0.2, 0.25) is 0 Å². The first kappa shape index (κ1) is 13.7. The molecule has 0 unspecified atom stereocenters. The predicted molar refractivity (Wildman–Crippen MR) is 75.7 cm³/mol. The standard InChI is InChI=1S/C15H22N2O2/c1-15(2,3)19-14(18)17-10-6-13(7-11-17)12-4-8-16-9-5-12/h4-6,8,16H,7,9-11H2,1-3H3. The maximum atomic E-state index is 11.9. The van der Waals surface area contributed by atoms with Crippen molar-refractivity contribution in [3.05, 3.63) is 35.6 Å². The number of nitrogens with one attached hydrogen (secondary N) is 1. The van der Waals surface area contributed by atoms with E-state index in [4.69, 9.17) is 4.74 Å². The lowest BCUT2D eigenvalue weighted by atomic mass is 9.98. The van der Waals surface area contributed by atoms with Gasteiger partial charge in [-0.2, -0.15) is 0 Å². The van der Waals surface area contributed by atoms with Gasteiger partial charge in [0.2, 0.25) is 0 Å². The minimum Gasteiger partial charge on any atom is -0.444 e. The highest BCUT2D eigenvalue weighted by Crippen LogP contribution is 2.22. The maximum absolute atomic E-state index is 11.9. The van der Waals surface area contributed by atoms with Crippen LogP contribution in [0.15, 0.2) is 35.6 Å². The van der Waals surface area contributed by atoms with Crippen molar-refractivity contribution in [3.63, 3.8) is 0 Å². The highest BCUT2D eigenvalue weighted by molar-refractivity contribution is 5.69. The zero-order valence-corrected chi connectivity index (χ0v) is 11.9. The molecule has 1 N–H and O–H groups in total. The molecule has 104 valence electrons. The third-order valence-corrected chi connectivity index (χ3v) is 3.05. The van der Waals surface area contributed by atoms with Gasteiger partial charge in [0.1, 0.15) is 5.60 Å². The van der Waals surface area contributed by atoms with E-state index in [0.717, 1.165) is 19.5 Å². The fraction of sp³-hybridized carbons (Fsp3) is 0.533. The molecular weight excluding hydrogens is 240 g/mol. The fourth-order valence-corrected chi connectivity index (χ4v) is 2.12. The molecule has 2 aliphatic heterocycles. The predicted octanol–water partition coefficient (Wildman–Crippen LogP) is 2.60. The Morgan fingerprint density at radius 3 is 2.68 bits per heavy atom. The Kier molecular flexibility index (Phi) is 3.98. The molecule has 0 bridgehead atoms. The van der Waals surface area contributed by atoms with Gasteiger partial charge in [0.05, 0.1) is 0 Å².